The lowest BCUT2D eigenvalue weighted by atomic mass is 10.0. The smallest absolute Gasteiger partial charge is 0.331 e. The molecule has 2 heterocycles. The summed E-state index contributed by atoms with van der Waals surface area (Å²) < 4.78 is 6.64. The number of Topliss-reactive ketones (excluding diaryl/α,β-unsaturated/α-hetero) is 1. The number of fused-ring (bicyclic) bond motifs is 3. The minimum Gasteiger partial charge on any atom is -0.486 e. The minimum absolute atomic E-state index is 0.00801. The summed E-state index contributed by atoms with van der Waals surface area (Å²) in [6.07, 6.45) is 0. The van der Waals surface area contributed by atoms with Crippen LogP contribution in [0.2, 0.25) is 0 Å². The van der Waals surface area contributed by atoms with Gasteiger partial charge in [0.1, 0.15) is 12.4 Å². The Balaban J connectivity index is 2.04. The number of ether oxygens (including phenoxy) is 1. The third-order valence-corrected chi connectivity index (χ3v) is 3.61. The fourth-order valence-electron chi connectivity index (χ4n) is 1.90. The van der Waals surface area contributed by atoms with Crippen molar-refractivity contribution in [2.24, 2.45) is 5.16 Å². The molecule has 0 saturated carbocycles. The predicted molar refractivity (Wildman–Crippen MR) is 70.9 cm³/mol. The zero-order valence-electron chi connectivity index (χ0n) is 10.0. The van der Waals surface area contributed by atoms with Gasteiger partial charge in [0.2, 0.25) is 5.78 Å². The second-order valence-electron chi connectivity index (χ2n) is 4.01. The molecule has 0 atom stereocenters. The molecular weight excluding hydrogens is 266 g/mol. The second-order valence-corrected chi connectivity index (χ2v) is 4.96. The number of thiophene rings is 1. The zero-order chi connectivity index (χ0) is 13.4. The van der Waals surface area contributed by atoms with Crippen LogP contribution in [0.25, 0.3) is 10.1 Å². The Kier molecular flexibility index (Phi) is 2.79. The summed E-state index contributed by atoms with van der Waals surface area (Å²) in [6, 6.07) is 5.49. The first-order valence-electron chi connectivity index (χ1n) is 5.59. The summed E-state index contributed by atoms with van der Waals surface area (Å²) in [6.45, 7) is 1.23. The number of hydrogen-bond donors (Lipinski definition) is 0. The molecule has 0 saturated heterocycles. The maximum Gasteiger partial charge on any atom is 0.331 e. The molecule has 0 N–H and O–H groups in total. The Morgan fingerprint density at radius 2 is 2.26 bits per heavy atom. The molecule has 0 unspecified atom stereocenters. The molecule has 19 heavy (non-hydrogen) atoms. The van der Waals surface area contributed by atoms with E-state index in [-0.39, 0.29) is 18.1 Å². The van der Waals surface area contributed by atoms with Gasteiger partial charge >= 0.3 is 5.97 Å². The number of hydrogen-bond acceptors (Lipinski definition) is 6. The zero-order valence-corrected chi connectivity index (χ0v) is 10.8. The normalized spacial score (nSPS) is 16.3. The fraction of sp³-hybridized carbons (Fsp3) is 0.154. The molecule has 0 bridgehead atoms. The summed E-state index contributed by atoms with van der Waals surface area (Å²) >= 11 is 1.59. The molecule has 1 aliphatic heterocycles. The first kappa shape index (κ1) is 11.9. The Morgan fingerprint density at radius 1 is 1.42 bits per heavy atom. The summed E-state index contributed by atoms with van der Waals surface area (Å²) in [7, 11) is 0. The van der Waals surface area contributed by atoms with Gasteiger partial charge in [0.15, 0.2) is 5.71 Å². The van der Waals surface area contributed by atoms with E-state index in [1.807, 2.05) is 17.5 Å². The highest BCUT2D eigenvalue weighted by atomic mass is 32.1. The first-order chi connectivity index (χ1) is 9.16. The molecule has 96 valence electrons. The maximum absolute atomic E-state index is 12.2. The molecule has 0 spiro atoms. The van der Waals surface area contributed by atoms with Gasteiger partial charge in [-0.15, -0.1) is 11.3 Å². The SMILES string of the molecule is CC(=O)O/N=C1\COc2c(ccc3sccc23)C1=O. The second kappa shape index (κ2) is 4.47. The lowest BCUT2D eigenvalue weighted by Crippen LogP contribution is -2.28. The van der Waals surface area contributed by atoms with E-state index in [9.17, 15) is 9.59 Å². The van der Waals surface area contributed by atoms with Crippen LogP contribution in [0.3, 0.4) is 0 Å². The molecule has 1 aromatic carbocycles. The quantitative estimate of drug-likeness (QED) is 0.592. The summed E-state index contributed by atoms with van der Waals surface area (Å²) in [4.78, 5) is 27.4. The Labute approximate surface area is 112 Å². The topological polar surface area (TPSA) is 65.0 Å². The van der Waals surface area contributed by atoms with E-state index >= 15 is 0 Å². The van der Waals surface area contributed by atoms with Crippen molar-refractivity contribution in [1.82, 2.24) is 0 Å². The van der Waals surface area contributed by atoms with E-state index < -0.39 is 5.97 Å². The van der Waals surface area contributed by atoms with E-state index in [1.54, 1.807) is 17.4 Å². The first-order valence-corrected chi connectivity index (χ1v) is 6.47. The predicted octanol–water partition coefficient (Wildman–Crippen LogP) is 2.40. The van der Waals surface area contributed by atoms with Crippen LogP contribution >= 0.6 is 11.3 Å². The van der Waals surface area contributed by atoms with Crippen molar-refractivity contribution in [3.63, 3.8) is 0 Å². The number of oxime groups is 1. The van der Waals surface area contributed by atoms with Gasteiger partial charge in [0.05, 0.1) is 5.56 Å². The molecule has 3 rings (SSSR count). The van der Waals surface area contributed by atoms with E-state index in [0.29, 0.717) is 11.3 Å². The highest BCUT2D eigenvalue weighted by Crippen LogP contribution is 2.35. The molecule has 0 amide bonds. The third-order valence-electron chi connectivity index (χ3n) is 2.73. The van der Waals surface area contributed by atoms with Crippen molar-refractivity contribution >= 4 is 38.9 Å². The molecule has 5 nitrogen and oxygen atoms in total. The third kappa shape index (κ3) is 2.00. The van der Waals surface area contributed by atoms with Crippen molar-refractivity contribution in [3.8, 4) is 5.75 Å². The van der Waals surface area contributed by atoms with Crippen molar-refractivity contribution in [2.45, 2.75) is 6.92 Å². The van der Waals surface area contributed by atoms with Gasteiger partial charge in [-0.3, -0.25) is 4.79 Å². The van der Waals surface area contributed by atoms with Crippen LogP contribution in [0, 0.1) is 0 Å². The van der Waals surface area contributed by atoms with Crippen LogP contribution in [-0.4, -0.2) is 24.1 Å². The lowest BCUT2D eigenvalue weighted by molar-refractivity contribution is -0.140. The van der Waals surface area contributed by atoms with Gasteiger partial charge in [0.25, 0.3) is 0 Å². The van der Waals surface area contributed by atoms with Crippen LogP contribution in [0.5, 0.6) is 5.75 Å². The van der Waals surface area contributed by atoms with Crippen LogP contribution < -0.4 is 4.74 Å². The van der Waals surface area contributed by atoms with E-state index in [2.05, 4.69) is 9.99 Å². The monoisotopic (exact) mass is 275 g/mol. The Morgan fingerprint density at radius 3 is 3.05 bits per heavy atom. The molecule has 6 heteroatoms. The number of carbonyl (C=O) groups excluding carboxylic acids is 2. The molecule has 2 aromatic rings. The largest absolute Gasteiger partial charge is 0.486 e. The number of carbonyl (C=O) groups is 2. The van der Waals surface area contributed by atoms with Crippen LogP contribution in [-0.2, 0) is 9.63 Å². The summed E-state index contributed by atoms with van der Waals surface area (Å²) in [5.74, 6) is -0.263. The van der Waals surface area contributed by atoms with Crippen LogP contribution in [0.15, 0.2) is 28.7 Å². The van der Waals surface area contributed by atoms with E-state index in [0.717, 1.165) is 10.1 Å². The molecule has 1 aromatic heterocycles. The molecule has 0 fully saturated rings. The standard InChI is InChI=1S/C13H9NO4S/c1-7(15)18-14-10-6-17-13-8-4-5-19-11(8)3-2-9(13)12(10)16/h2-5H,6H2,1H3/b14-10+. The van der Waals surface area contributed by atoms with Crippen molar-refractivity contribution in [1.29, 1.82) is 0 Å². The van der Waals surface area contributed by atoms with E-state index in [4.69, 9.17) is 4.74 Å². The van der Waals surface area contributed by atoms with Crippen molar-refractivity contribution in [2.75, 3.05) is 6.61 Å². The van der Waals surface area contributed by atoms with Gasteiger partial charge in [0, 0.05) is 17.0 Å². The van der Waals surface area contributed by atoms with Crippen molar-refractivity contribution < 1.29 is 19.2 Å². The fourth-order valence-corrected chi connectivity index (χ4v) is 2.69. The van der Waals surface area contributed by atoms with Gasteiger partial charge in [-0.25, -0.2) is 4.79 Å². The van der Waals surface area contributed by atoms with Gasteiger partial charge < -0.3 is 9.57 Å². The maximum atomic E-state index is 12.2. The summed E-state index contributed by atoms with van der Waals surface area (Å²) in [5, 5.41) is 6.39. The van der Waals surface area contributed by atoms with E-state index in [1.165, 1.54) is 6.92 Å². The highest BCUT2D eigenvalue weighted by Gasteiger charge is 2.27. The van der Waals surface area contributed by atoms with Crippen LogP contribution in [0.4, 0.5) is 0 Å². The number of nitrogens with zero attached hydrogens (tertiary/aromatic N) is 1. The van der Waals surface area contributed by atoms with Crippen molar-refractivity contribution in [3.05, 3.63) is 29.1 Å². The van der Waals surface area contributed by atoms with Gasteiger partial charge in [-0.05, 0) is 23.6 Å². The van der Waals surface area contributed by atoms with Gasteiger partial charge in [-0.2, -0.15) is 0 Å². The van der Waals surface area contributed by atoms with Gasteiger partial charge in [-0.1, -0.05) is 5.16 Å². The number of ketones is 1. The highest BCUT2D eigenvalue weighted by molar-refractivity contribution is 7.17. The number of benzene rings is 1. The lowest BCUT2D eigenvalue weighted by Gasteiger charge is -2.17. The Bertz CT molecular complexity index is 717. The Hall–Kier alpha value is -2.21. The average molecular weight is 275 g/mol. The number of rotatable bonds is 1. The van der Waals surface area contributed by atoms with Crippen LogP contribution in [0.1, 0.15) is 17.3 Å². The molecule has 1 aliphatic rings. The molecule has 0 radical (unpaired) electrons. The molecule has 0 aliphatic carbocycles. The summed E-state index contributed by atoms with van der Waals surface area (Å²) in [5.41, 5.74) is 0.542. The molecular formula is C13H9NO4S. The minimum atomic E-state index is -0.570. The average Bonchev–Trinajstić information content (AvgIpc) is 2.86.